The van der Waals surface area contributed by atoms with Gasteiger partial charge in [0.05, 0.1) is 14.2 Å². The first-order chi connectivity index (χ1) is 11.0. The number of carbonyl (C=O) groups is 1. The maximum absolute atomic E-state index is 12.1. The van der Waals surface area contributed by atoms with E-state index in [0.717, 1.165) is 19.5 Å². The van der Waals surface area contributed by atoms with Crippen molar-refractivity contribution >= 4 is 23.2 Å². The SMILES string of the molecule is COc1ccc(C(=O)NNC(=S)NCCCN(C)C)cc1OC. The summed E-state index contributed by atoms with van der Waals surface area (Å²) < 4.78 is 10.3. The third kappa shape index (κ3) is 6.70. The molecule has 1 aromatic rings. The second-order valence-electron chi connectivity index (χ2n) is 5.06. The fourth-order valence-corrected chi connectivity index (χ4v) is 1.96. The monoisotopic (exact) mass is 340 g/mol. The molecule has 0 spiro atoms. The molecule has 23 heavy (non-hydrogen) atoms. The van der Waals surface area contributed by atoms with E-state index in [1.165, 1.54) is 7.11 Å². The van der Waals surface area contributed by atoms with Gasteiger partial charge in [0.2, 0.25) is 0 Å². The zero-order valence-corrected chi connectivity index (χ0v) is 14.8. The van der Waals surface area contributed by atoms with Crippen LogP contribution in [0.4, 0.5) is 0 Å². The molecule has 0 unspecified atom stereocenters. The van der Waals surface area contributed by atoms with Gasteiger partial charge in [-0.25, -0.2) is 0 Å². The molecule has 0 aliphatic rings. The number of carbonyl (C=O) groups excluding carboxylic acids is 1. The zero-order chi connectivity index (χ0) is 17.2. The van der Waals surface area contributed by atoms with Crippen LogP contribution in [0.2, 0.25) is 0 Å². The van der Waals surface area contributed by atoms with E-state index in [1.54, 1.807) is 25.3 Å². The maximum Gasteiger partial charge on any atom is 0.269 e. The summed E-state index contributed by atoms with van der Waals surface area (Å²) in [7, 11) is 7.09. The predicted molar refractivity (Wildman–Crippen MR) is 93.9 cm³/mol. The number of thiocarbonyl (C=S) groups is 1. The number of amides is 1. The van der Waals surface area contributed by atoms with Crippen molar-refractivity contribution in [1.29, 1.82) is 0 Å². The van der Waals surface area contributed by atoms with Crippen LogP contribution in [0.15, 0.2) is 18.2 Å². The topological polar surface area (TPSA) is 74.9 Å². The van der Waals surface area contributed by atoms with Crippen LogP contribution in [0, 0.1) is 0 Å². The number of hydrogen-bond donors (Lipinski definition) is 3. The number of nitrogens with zero attached hydrogens (tertiary/aromatic N) is 1. The molecular weight excluding hydrogens is 316 g/mol. The summed E-state index contributed by atoms with van der Waals surface area (Å²) in [6, 6.07) is 4.92. The number of rotatable bonds is 7. The Labute approximate surface area is 142 Å². The minimum Gasteiger partial charge on any atom is -0.493 e. The van der Waals surface area contributed by atoms with Crippen molar-refractivity contribution in [3.63, 3.8) is 0 Å². The lowest BCUT2D eigenvalue weighted by molar-refractivity contribution is 0.0943. The Balaban J connectivity index is 2.43. The molecule has 0 radical (unpaired) electrons. The van der Waals surface area contributed by atoms with Gasteiger partial charge in [-0.3, -0.25) is 15.6 Å². The average molecular weight is 340 g/mol. The van der Waals surface area contributed by atoms with Gasteiger partial charge in [-0.1, -0.05) is 0 Å². The van der Waals surface area contributed by atoms with Gasteiger partial charge in [0, 0.05) is 12.1 Å². The molecule has 3 N–H and O–H groups in total. The Kier molecular flexibility index (Phi) is 8.14. The number of benzene rings is 1. The molecule has 0 atom stereocenters. The molecule has 0 aliphatic heterocycles. The largest absolute Gasteiger partial charge is 0.493 e. The van der Waals surface area contributed by atoms with E-state index < -0.39 is 0 Å². The third-order valence-corrected chi connectivity index (χ3v) is 3.25. The van der Waals surface area contributed by atoms with Crippen LogP contribution in [0.1, 0.15) is 16.8 Å². The van der Waals surface area contributed by atoms with Crippen molar-refractivity contribution in [2.45, 2.75) is 6.42 Å². The molecule has 0 heterocycles. The van der Waals surface area contributed by atoms with E-state index in [1.807, 2.05) is 14.1 Å². The highest BCUT2D eigenvalue weighted by molar-refractivity contribution is 7.80. The Bertz CT molecular complexity index is 537. The molecule has 1 amide bonds. The zero-order valence-electron chi connectivity index (χ0n) is 13.9. The summed E-state index contributed by atoms with van der Waals surface area (Å²) in [6.07, 6.45) is 0.957. The molecule has 0 saturated heterocycles. The Morgan fingerprint density at radius 1 is 1.17 bits per heavy atom. The Hall–Kier alpha value is -2.06. The van der Waals surface area contributed by atoms with Crippen molar-refractivity contribution < 1.29 is 14.3 Å². The summed E-state index contributed by atoms with van der Waals surface area (Å²) >= 11 is 5.09. The number of hydrogen-bond acceptors (Lipinski definition) is 5. The van der Waals surface area contributed by atoms with Gasteiger partial charge in [-0.2, -0.15) is 0 Å². The average Bonchev–Trinajstić information content (AvgIpc) is 2.55. The van der Waals surface area contributed by atoms with Crippen LogP contribution in [-0.2, 0) is 0 Å². The number of hydrazine groups is 1. The highest BCUT2D eigenvalue weighted by Crippen LogP contribution is 2.27. The maximum atomic E-state index is 12.1. The van der Waals surface area contributed by atoms with E-state index in [2.05, 4.69) is 21.1 Å². The van der Waals surface area contributed by atoms with E-state index in [4.69, 9.17) is 21.7 Å². The van der Waals surface area contributed by atoms with Gasteiger partial charge in [0.1, 0.15) is 0 Å². The van der Waals surface area contributed by atoms with Crippen molar-refractivity contribution in [3.05, 3.63) is 23.8 Å². The number of ether oxygens (including phenoxy) is 2. The van der Waals surface area contributed by atoms with Crippen molar-refractivity contribution in [2.24, 2.45) is 0 Å². The van der Waals surface area contributed by atoms with E-state index >= 15 is 0 Å². The summed E-state index contributed by atoms with van der Waals surface area (Å²) in [5.74, 6) is 0.739. The lowest BCUT2D eigenvalue weighted by Crippen LogP contribution is -2.47. The predicted octanol–water partition coefficient (Wildman–Crippen LogP) is 0.764. The van der Waals surface area contributed by atoms with Crippen LogP contribution in [-0.4, -0.2) is 57.3 Å². The second kappa shape index (κ2) is 9.86. The molecule has 8 heteroatoms. The molecule has 1 aromatic carbocycles. The molecule has 0 aromatic heterocycles. The van der Waals surface area contributed by atoms with Crippen molar-refractivity contribution in [1.82, 2.24) is 21.1 Å². The summed E-state index contributed by atoms with van der Waals surface area (Å²) in [5, 5.41) is 3.39. The van der Waals surface area contributed by atoms with E-state index in [9.17, 15) is 4.79 Å². The van der Waals surface area contributed by atoms with Gasteiger partial charge >= 0.3 is 0 Å². The number of nitrogens with one attached hydrogen (secondary N) is 3. The quantitative estimate of drug-likeness (QED) is 0.384. The molecular formula is C15H24N4O3S. The van der Waals surface area contributed by atoms with Gasteiger partial charge in [0.15, 0.2) is 16.6 Å². The smallest absolute Gasteiger partial charge is 0.269 e. The molecule has 128 valence electrons. The molecule has 0 saturated carbocycles. The van der Waals surface area contributed by atoms with Crippen LogP contribution in [0.3, 0.4) is 0 Å². The van der Waals surface area contributed by atoms with Crippen LogP contribution in [0.25, 0.3) is 0 Å². The fraction of sp³-hybridized carbons (Fsp3) is 0.467. The lowest BCUT2D eigenvalue weighted by Gasteiger charge is -2.14. The van der Waals surface area contributed by atoms with Crippen molar-refractivity contribution in [3.8, 4) is 11.5 Å². The first-order valence-electron chi connectivity index (χ1n) is 7.19. The highest BCUT2D eigenvalue weighted by atomic mass is 32.1. The molecule has 1 rings (SSSR count). The first-order valence-corrected chi connectivity index (χ1v) is 7.59. The molecule has 7 nitrogen and oxygen atoms in total. The summed E-state index contributed by atoms with van der Waals surface area (Å²) in [5.41, 5.74) is 5.64. The van der Waals surface area contributed by atoms with Crippen LogP contribution < -0.4 is 25.6 Å². The number of methoxy groups -OCH3 is 2. The van der Waals surface area contributed by atoms with Crippen LogP contribution >= 0.6 is 12.2 Å². The summed E-state index contributed by atoms with van der Waals surface area (Å²) in [6.45, 7) is 1.70. The third-order valence-electron chi connectivity index (χ3n) is 3.00. The lowest BCUT2D eigenvalue weighted by atomic mass is 10.2. The van der Waals surface area contributed by atoms with Gasteiger partial charge in [0.25, 0.3) is 5.91 Å². The minimum absolute atomic E-state index is 0.316. The minimum atomic E-state index is -0.316. The van der Waals surface area contributed by atoms with E-state index in [0.29, 0.717) is 22.2 Å². The second-order valence-corrected chi connectivity index (χ2v) is 5.47. The van der Waals surface area contributed by atoms with E-state index in [-0.39, 0.29) is 5.91 Å². The standard InChI is InChI=1S/C15H24N4O3S/c1-19(2)9-5-8-16-15(23)18-17-14(20)11-6-7-12(21-3)13(10-11)22-4/h6-7,10H,5,8-9H2,1-4H3,(H,17,20)(H2,16,18,23). The highest BCUT2D eigenvalue weighted by Gasteiger charge is 2.10. The van der Waals surface area contributed by atoms with Gasteiger partial charge in [-0.15, -0.1) is 0 Å². The van der Waals surface area contributed by atoms with Crippen molar-refractivity contribution in [2.75, 3.05) is 41.4 Å². The van der Waals surface area contributed by atoms with Crippen LogP contribution in [0.5, 0.6) is 11.5 Å². The van der Waals surface area contributed by atoms with Gasteiger partial charge < -0.3 is 19.7 Å². The fourth-order valence-electron chi connectivity index (χ4n) is 1.80. The summed E-state index contributed by atoms with van der Waals surface area (Å²) in [4.78, 5) is 14.2. The first kappa shape index (κ1) is 19.0. The molecule has 0 bridgehead atoms. The normalized spacial score (nSPS) is 10.1. The van der Waals surface area contributed by atoms with Gasteiger partial charge in [-0.05, 0) is 57.5 Å². The molecule has 0 fully saturated rings. The Morgan fingerprint density at radius 3 is 2.48 bits per heavy atom. The Morgan fingerprint density at radius 2 is 1.87 bits per heavy atom. The molecule has 0 aliphatic carbocycles.